The number of hydrogen-bond donors (Lipinski definition) is 2. The first-order valence-corrected chi connectivity index (χ1v) is 2.81. The van der Waals surface area contributed by atoms with E-state index in [-0.39, 0.29) is 0 Å². The molecule has 0 aliphatic heterocycles. The second-order valence-electron chi connectivity index (χ2n) is 2.09. The Bertz CT molecular complexity index is 325. The zero-order valence-electron chi connectivity index (χ0n) is 5.13. The van der Waals surface area contributed by atoms with E-state index >= 15 is 0 Å². The minimum absolute atomic E-state index is 0.516. The molecule has 0 fully saturated rings. The molecule has 0 saturated heterocycles. The summed E-state index contributed by atoms with van der Waals surface area (Å²) >= 11 is 0. The molecule has 1 heterocycles. The van der Waals surface area contributed by atoms with Crippen LogP contribution in [-0.4, -0.2) is 0 Å². The number of hydrogen-bond acceptors (Lipinski definition) is 4. The fraction of sp³-hybridized carbons (Fsp3) is 0. The molecule has 0 bridgehead atoms. The van der Waals surface area contributed by atoms with Crippen molar-refractivity contribution in [2.24, 2.45) is 0 Å². The van der Waals surface area contributed by atoms with Gasteiger partial charge in [0.05, 0.1) is 11.4 Å². The molecule has 1 aromatic heterocycles. The summed E-state index contributed by atoms with van der Waals surface area (Å²) in [5.74, 6) is 0. The molecule has 2 rings (SSSR count). The molecule has 0 atom stereocenters. The summed E-state index contributed by atoms with van der Waals surface area (Å²) in [5, 5.41) is 0. The Labute approximate surface area is 56.3 Å². The fourth-order valence-corrected chi connectivity index (χ4v) is 0.777. The third kappa shape index (κ3) is 0.500. The van der Waals surface area contributed by atoms with Crippen molar-refractivity contribution >= 4 is 22.5 Å². The standard InChI is InChI=1S/C6H6N2O2/c7-3-1-5-6(10-9-5)2-4(3)8/h1-2H,7-8H2. The van der Waals surface area contributed by atoms with Gasteiger partial charge in [0.2, 0.25) is 11.2 Å². The smallest absolute Gasteiger partial charge is 0.227 e. The first-order chi connectivity index (χ1) is 4.77. The van der Waals surface area contributed by atoms with Crippen LogP contribution in [0.2, 0.25) is 0 Å². The van der Waals surface area contributed by atoms with E-state index in [1.807, 2.05) is 0 Å². The largest absolute Gasteiger partial charge is 0.397 e. The van der Waals surface area contributed by atoms with Gasteiger partial charge in [-0.15, -0.1) is 0 Å². The summed E-state index contributed by atoms with van der Waals surface area (Å²) in [6.45, 7) is 0. The van der Waals surface area contributed by atoms with Crippen LogP contribution in [0.3, 0.4) is 0 Å². The lowest BCUT2D eigenvalue weighted by Gasteiger charge is -2.01. The second kappa shape index (κ2) is 1.47. The van der Waals surface area contributed by atoms with E-state index in [2.05, 4.69) is 9.15 Å². The maximum absolute atomic E-state index is 5.46. The van der Waals surface area contributed by atoms with Crippen LogP contribution in [0.15, 0.2) is 21.3 Å². The minimum Gasteiger partial charge on any atom is -0.397 e. The zero-order valence-corrected chi connectivity index (χ0v) is 5.13. The summed E-state index contributed by atoms with van der Waals surface area (Å²) in [6, 6.07) is 3.27. The average molecular weight is 138 g/mol. The van der Waals surface area contributed by atoms with E-state index in [4.69, 9.17) is 11.5 Å². The maximum atomic E-state index is 5.46. The Morgan fingerprint density at radius 3 is 1.60 bits per heavy atom. The first-order valence-electron chi connectivity index (χ1n) is 2.81. The number of rotatable bonds is 0. The van der Waals surface area contributed by atoms with Gasteiger partial charge in [-0.3, -0.25) is 9.15 Å². The number of nitrogens with two attached hydrogens (primary N) is 2. The Hall–Kier alpha value is -1.58. The highest BCUT2D eigenvalue weighted by Crippen LogP contribution is 2.25. The minimum atomic E-state index is 0.516. The molecular weight excluding hydrogens is 132 g/mol. The van der Waals surface area contributed by atoms with Crippen molar-refractivity contribution in [2.45, 2.75) is 0 Å². The van der Waals surface area contributed by atoms with Crippen LogP contribution in [0, 0.1) is 0 Å². The van der Waals surface area contributed by atoms with Gasteiger partial charge in [0, 0.05) is 12.1 Å². The number of nitrogen functional groups attached to an aromatic ring is 2. The molecule has 0 amide bonds. The van der Waals surface area contributed by atoms with Crippen molar-refractivity contribution in [3.8, 4) is 0 Å². The molecule has 1 aromatic carbocycles. The van der Waals surface area contributed by atoms with Crippen LogP contribution in [-0.2, 0) is 0 Å². The van der Waals surface area contributed by atoms with Crippen molar-refractivity contribution in [3.63, 3.8) is 0 Å². The Balaban J connectivity index is 2.78. The van der Waals surface area contributed by atoms with Crippen LogP contribution in [0.1, 0.15) is 0 Å². The molecular formula is C6H6N2O2. The molecule has 2 aromatic rings. The highest BCUT2D eigenvalue weighted by atomic mass is 17.0. The topological polar surface area (TPSA) is 78.3 Å². The molecule has 4 N–H and O–H groups in total. The third-order valence-corrected chi connectivity index (χ3v) is 1.37. The predicted molar refractivity (Wildman–Crippen MR) is 37.3 cm³/mol. The van der Waals surface area contributed by atoms with Crippen LogP contribution in [0.25, 0.3) is 11.2 Å². The lowest BCUT2D eigenvalue weighted by Crippen LogP contribution is -1.94. The van der Waals surface area contributed by atoms with Crippen LogP contribution in [0.4, 0.5) is 11.4 Å². The highest BCUT2D eigenvalue weighted by Gasteiger charge is 2.06. The monoisotopic (exact) mass is 138 g/mol. The van der Waals surface area contributed by atoms with Crippen molar-refractivity contribution in [2.75, 3.05) is 11.5 Å². The molecule has 0 aliphatic rings. The Morgan fingerprint density at radius 2 is 1.30 bits per heavy atom. The summed E-state index contributed by atoms with van der Waals surface area (Å²) in [5.41, 5.74) is 13.2. The molecule has 0 aliphatic carbocycles. The lowest BCUT2D eigenvalue weighted by molar-refractivity contribution is 0.0591. The Morgan fingerprint density at radius 1 is 0.900 bits per heavy atom. The first kappa shape index (κ1) is 5.22. The summed E-state index contributed by atoms with van der Waals surface area (Å²) in [6.07, 6.45) is 0. The molecule has 10 heavy (non-hydrogen) atoms. The summed E-state index contributed by atoms with van der Waals surface area (Å²) < 4.78 is 9.15. The lowest BCUT2D eigenvalue weighted by atomic mass is 10.2. The van der Waals surface area contributed by atoms with Gasteiger partial charge in [0.15, 0.2) is 0 Å². The Kier molecular flexibility index (Phi) is 0.768. The van der Waals surface area contributed by atoms with Gasteiger partial charge in [-0.05, 0) is 0 Å². The molecule has 0 saturated carbocycles. The van der Waals surface area contributed by atoms with E-state index in [1.165, 1.54) is 0 Å². The highest BCUT2D eigenvalue weighted by molar-refractivity contribution is 5.83. The maximum Gasteiger partial charge on any atom is 0.227 e. The normalized spacial score (nSPS) is 10.8. The molecule has 52 valence electrons. The number of benzene rings is 1. The van der Waals surface area contributed by atoms with E-state index < -0.39 is 0 Å². The predicted octanol–water partition coefficient (Wildman–Crippen LogP) is 1.19. The van der Waals surface area contributed by atoms with Crippen molar-refractivity contribution in [3.05, 3.63) is 12.1 Å². The van der Waals surface area contributed by atoms with E-state index in [0.717, 1.165) is 0 Å². The zero-order chi connectivity index (χ0) is 7.14. The molecule has 4 heteroatoms. The third-order valence-electron chi connectivity index (χ3n) is 1.37. The van der Waals surface area contributed by atoms with Crippen molar-refractivity contribution in [1.29, 1.82) is 0 Å². The summed E-state index contributed by atoms with van der Waals surface area (Å²) in [4.78, 5) is 0. The second-order valence-corrected chi connectivity index (χ2v) is 2.09. The van der Waals surface area contributed by atoms with Crippen LogP contribution >= 0.6 is 0 Å². The average Bonchev–Trinajstić information content (AvgIpc) is 1.89. The molecule has 0 spiro atoms. The summed E-state index contributed by atoms with van der Waals surface area (Å²) in [7, 11) is 0. The number of fused-ring (bicyclic) bond motifs is 1. The quantitative estimate of drug-likeness (QED) is 0.423. The van der Waals surface area contributed by atoms with E-state index in [0.29, 0.717) is 22.5 Å². The van der Waals surface area contributed by atoms with Gasteiger partial charge in [0.25, 0.3) is 0 Å². The van der Waals surface area contributed by atoms with Crippen molar-refractivity contribution in [1.82, 2.24) is 0 Å². The van der Waals surface area contributed by atoms with E-state index in [1.54, 1.807) is 12.1 Å². The van der Waals surface area contributed by atoms with Gasteiger partial charge in [-0.2, -0.15) is 0 Å². The SMILES string of the molecule is Nc1cc2ooc2cc1N. The van der Waals surface area contributed by atoms with Crippen molar-refractivity contribution < 1.29 is 9.15 Å². The van der Waals surface area contributed by atoms with Gasteiger partial charge in [0.1, 0.15) is 0 Å². The van der Waals surface area contributed by atoms with Gasteiger partial charge in [-0.1, -0.05) is 0 Å². The van der Waals surface area contributed by atoms with Gasteiger partial charge < -0.3 is 11.5 Å². The fourth-order valence-electron chi connectivity index (χ4n) is 0.777. The number of anilines is 2. The van der Waals surface area contributed by atoms with E-state index in [9.17, 15) is 0 Å². The van der Waals surface area contributed by atoms with Gasteiger partial charge >= 0.3 is 0 Å². The molecule has 0 radical (unpaired) electrons. The molecule has 0 unspecified atom stereocenters. The van der Waals surface area contributed by atoms with Crippen LogP contribution < -0.4 is 11.5 Å². The van der Waals surface area contributed by atoms with Gasteiger partial charge in [-0.25, -0.2) is 0 Å². The van der Waals surface area contributed by atoms with Crippen LogP contribution in [0.5, 0.6) is 0 Å². The molecule has 4 nitrogen and oxygen atoms in total.